The second-order valence-electron chi connectivity index (χ2n) is 12.4. The highest BCUT2D eigenvalue weighted by Gasteiger charge is 2.49. The van der Waals surface area contributed by atoms with Crippen molar-refractivity contribution in [3.8, 4) is 35.4 Å². The van der Waals surface area contributed by atoms with E-state index in [-0.39, 0.29) is 52.1 Å². The largest absolute Gasteiger partial charge is 0.508 e. The van der Waals surface area contributed by atoms with Crippen molar-refractivity contribution in [2.24, 2.45) is 5.92 Å². The van der Waals surface area contributed by atoms with Crippen LogP contribution in [0.1, 0.15) is 31.2 Å². The number of phenolic OH excluding ortho intramolecular Hbond substituents is 1. The Kier molecular flexibility index (Phi) is 6.36. The number of phenols is 1. The predicted molar refractivity (Wildman–Crippen MR) is 158 cm³/mol. The normalized spacial score (nSPS) is 26.4. The molecule has 226 valence electrons. The molecule has 1 N–H and O–H groups in total. The molecule has 0 radical (unpaired) electrons. The summed E-state index contributed by atoms with van der Waals surface area (Å²) in [5, 5.41) is 11.6. The molecule has 5 heterocycles. The summed E-state index contributed by atoms with van der Waals surface area (Å²) in [6.07, 6.45) is 9.32. The summed E-state index contributed by atoms with van der Waals surface area (Å²) < 4.78 is 58.0. The van der Waals surface area contributed by atoms with E-state index >= 15 is 4.39 Å². The molecule has 1 saturated carbocycles. The van der Waals surface area contributed by atoms with E-state index in [9.17, 15) is 13.9 Å². The van der Waals surface area contributed by atoms with Crippen LogP contribution in [0, 0.1) is 29.9 Å². The minimum atomic E-state index is -0.920. The standard InChI is InChI=1S/C33H30F3N5O3/c1-2-22-25(35)5-4-18-10-21(42)12-23(27(18)22)29-28(36)30-24(14-37-29)31(41-8-9-43-16-19-11-26(19)41)39-32(38-30)44-17-33-6-3-7-40(33)15-20(34)13-33/h1,4-5,10,12,14,19-20,26,42H,3,6-9,11,13,15-17H2/t19?,20-,26?,33+/m1/s1. The zero-order chi connectivity index (χ0) is 30.2. The highest BCUT2D eigenvalue weighted by molar-refractivity contribution is 6.03. The molecule has 4 atom stereocenters. The van der Waals surface area contributed by atoms with Crippen LogP contribution in [0.5, 0.6) is 11.8 Å². The van der Waals surface area contributed by atoms with Crippen LogP contribution in [-0.2, 0) is 4.74 Å². The van der Waals surface area contributed by atoms with E-state index in [1.807, 2.05) is 0 Å². The fraction of sp³-hybridized carbons (Fsp3) is 0.424. The summed E-state index contributed by atoms with van der Waals surface area (Å²) in [7, 11) is 0. The average Bonchev–Trinajstić information content (AvgIpc) is 3.62. The molecule has 11 heteroatoms. The number of rotatable bonds is 5. The van der Waals surface area contributed by atoms with Crippen LogP contribution in [0.15, 0.2) is 30.5 Å². The molecule has 1 aliphatic carbocycles. The first-order chi connectivity index (χ1) is 21.3. The highest BCUT2D eigenvalue weighted by atomic mass is 19.1. The number of pyridine rings is 1. The third-order valence-electron chi connectivity index (χ3n) is 9.69. The number of anilines is 1. The first-order valence-electron chi connectivity index (χ1n) is 15.0. The lowest BCUT2D eigenvalue weighted by atomic mass is 9.95. The molecular formula is C33H30F3N5O3. The molecule has 4 aromatic rings. The molecular weight excluding hydrogens is 571 g/mol. The first kappa shape index (κ1) is 27.4. The van der Waals surface area contributed by atoms with Gasteiger partial charge in [0, 0.05) is 48.6 Å². The second kappa shape index (κ2) is 10.2. The van der Waals surface area contributed by atoms with Crippen LogP contribution in [0.2, 0.25) is 0 Å². The van der Waals surface area contributed by atoms with Gasteiger partial charge in [0.2, 0.25) is 0 Å². The van der Waals surface area contributed by atoms with E-state index in [0.29, 0.717) is 55.2 Å². The molecule has 8 rings (SSSR count). The van der Waals surface area contributed by atoms with Crippen molar-refractivity contribution in [2.75, 3.05) is 44.4 Å². The lowest BCUT2D eigenvalue weighted by molar-refractivity contribution is 0.107. The predicted octanol–water partition coefficient (Wildman–Crippen LogP) is 4.99. The number of nitrogens with zero attached hydrogens (tertiary/aromatic N) is 5. The van der Waals surface area contributed by atoms with Crippen molar-refractivity contribution in [3.05, 3.63) is 47.7 Å². The molecule has 4 fully saturated rings. The summed E-state index contributed by atoms with van der Waals surface area (Å²) in [4.78, 5) is 18.0. The maximum atomic E-state index is 16.7. The summed E-state index contributed by atoms with van der Waals surface area (Å²) in [5.74, 6) is 1.64. The number of aromatic hydroxyl groups is 1. The quantitative estimate of drug-likeness (QED) is 0.321. The SMILES string of the molecule is C#Cc1c(F)ccc2cc(O)cc(-c3ncc4c(N5CCOCC6CC65)nc(OC[C@@]56CCCN5C[C@H](F)C6)nc4c3F)c12. The summed E-state index contributed by atoms with van der Waals surface area (Å²) >= 11 is 0. The van der Waals surface area contributed by atoms with E-state index < -0.39 is 23.3 Å². The third kappa shape index (κ3) is 4.34. The Balaban J connectivity index is 1.28. The fourth-order valence-corrected chi connectivity index (χ4v) is 7.51. The second-order valence-corrected chi connectivity index (χ2v) is 12.4. The van der Waals surface area contributed by atoms with Crippen LogP contribution < -0.4 is 9.64 Å². The molecule has 2 aromatic heterocycles. The van der Waals surface area contributed by atoms with Gasteiger partial charge in [0.25, 0.3) is 0 Å². The van der Waals surface area contributed by atoms with Gasteiger partial charge in [0.15, 0.2) is 5.82 Å². The van der Waals surface area contributed by atoms with Gasteiger partial charge in [0.1, 0.15) is 41.4 Å². The molecule has 2 unspecified atom stereocenters. The number of hydrogen-bond donors (Lipinski definition) is 1. The Bertz CT molecular complexity index is 1870. The zero-order valence-electron chi connectivity index (χ0n) is 23.9. The van der Waals surface area contributed by atoms with Gasteiger partial charge < -0.3 is 19.5 Å². The zero-order valence-corrected chi connectivity index (χ0v) is 23.9. The van der Waals surface area contributed by atoms with E-state index in [0.717, 1.165) is 25.8 Å². The number of benzene rings is 2. The third-order valence-corrected chi connectivity index (χ3v) is 9.69. The topological polar surface area (TPSA) is 83.8 Å². The highest BCUT2D eigenvalue weighted by Crippen LogP contribution is 2.44. The van der Waals surface area contributed by atoms with E-state index in [4.69, 9.17) is 20.9 Å². The van der Waals surface area contributed by atoms with Crippen molar-refractivity contribution in [1.29, 1.82) is 0 Å². The van der Waals surface area contributed by atoms with Gasteiger partial charge in [-0.2, -0.15) is 9.97 Å². The summed E-state index contributed by atoms with van der Waals surface area (Å²) in [6.45, 7) is 3.09. The Morgan fingerprint density at radius 1 is 1.20 bits per heavy atom. The Morgan fingerprint density at radius 2 is 2.09 bits per heavy atom. The molecule has 3 aliphatic heterocycles. The Hall–Kier alpha value is -4.14. The monoisotopic (exact) mass is 601 g/mol. The molecule has 0 amide bonds. The minimum absolute atomic E-state index is 0.00873. The van der Waals surface area contributed by atoms with Crippen LogP contribution in [0.3, 0.4) is 0 Å². The van der Waals surface area contributed by atoms with Gasteiger partial charge in [-0.15, -0.1) is 6.42 Å². The van der Waals surface area contributed by atoms with Gasteiger partial charge in [-0.3, -0.25) is 9.88 Å². The number of fused-ring (bicyclic) bond motifs is 4. The molecule has 3 saturated heterocycles. The Morgan fingerprint density at radius 3 is 2.95 bits per heavy atom. The molecule has 4 aliphatic rings. The van der Waals surface area contributed by atoms with Gasteiger partial charge in [0.05, 0.1) is 29.7 Å². The van der Waals surface area contributed by atoms with E-state index in [2.05, 4.69) is 25.7 Å². The van der Waals surface area contributed by atoms with E-state index in [1.165, 1.54) is 30.5 Å². The van der Waals surface area contributed by atoms with Crippen molar-refractivity contribution in [2.45, 2.75) is 43.4 Å². The number of hydrogen-bond acceptors (Lipinski definition) is 8. The van der Waals surface area contributed by atoms with E-state index in [1.54, 1.807) is 0 Å². The number of ether oxygens (including phenoxy) is 2. The van der Waals surface area contributed by atoms with Gasteiger partial charge in [-0.1, -0.05) is 12.0 Å². The molecule has 0 spiro atoms. The first-order valence-corrected chi connectivity index (χ1v) is 15.0. The van der Waals surface area contributed by atoms with Gasteiger partial charge >= 0.3 is 6.01 Å². The van der Waals surface area contributed by atoms with Crippen LogP contribution >= 0.6 is 0 Å². The number of terminal acetylenes is 1. The summed E-state index contributed by atoms with van der Waals surface area (Å²) in [6, 6.07) is 5.63. The van der Waals surface area contributed by atoms with Gasteiger partial charge in [-0.25, -0.2) is 13.2 Å². The Labute approximate surface area is 251 Å². The fourth-order valence-electron chi connectivity index (χ4n) is 7.51. The molecule has 2 aromatic carbocycles. The van der Waals surface area contributed by atoms with Crippen molar-refractivity contribution >= 4 is 27.5 Å². The van der Waals surface area contributed by atoms with Gasteiger partial charge in [-0.05, 0) is 49.4 Å². The maximum absolute atomic E-state index is 16.7. The molecule has 8 nitrogen and oxygen atoms in total. The van der Waals surface area contributed by atoms with Crippen molar-refractivity contribution in [1.82, 2.24) is 19.9 Å². The maximum Gasteiger partial charge on any atom is 0.319 e. The minimum Gasteiger partial charge on any atom is -0.508 e. The van der Waals surface area contributed by atoms with Crippen molar-refractivity contribution in [3.63, 3.8) is 0 Å². The number of aromatic nitrogens is 3. The van der Waals surface area contributed by atoms with Crippen LogP contribution in [0.4, 0.5) is 19.0 Å². The van der Waals surface area contributed by atoms with Crippen molar-refractivity contribution < 1.29 is 27.8 Å². The molecule has 0 bridgehead atoms. The van der Waals surface area contributed by atoms with Crippen LogP contribution in [0.25, 0.3) is 32.9 Å². The molecule has 44 heavy (non-hydrogen) atoms. The number of halogens is 3. The lowest BCUT2D eigenvalue weighted by Gasteiger charge is -2.31. The number of alkyl halides is 1. The van der Waals surface area contributed by atoms with Crippen LogP contribution in [-0.4, -0.2) is 82.2 Å². The lowest BCUT2D eigenvalue weighted by Crippen LogP contribution is -2.43. The average molecular weight is 602 g/mol. The summed E-state index contributed by atoms with van der Waals surface area (Å²) in [5.41, 5.74) is -0.521. The smallest absolute Gasteiger partial charge is 0.319 e.